The molecule has 98 valence electrons. The van der Waals surface area contributed by atoms with Crippen molar-refractivity contribution in [1.29, 1.82) is 0 Å². The summed E-state index contributed by atoms with van der Waals surface area (Å²) in [4.78, 5) is 20.1. The van der Waals surface area contributed by atoms with E-state index < -0.39 is 11.6 Å². The van der Waals surface area contributed by atoms with Gasteiger partial charge in [0.25, 0.3) is 0 Å². The fraction of sp³-hybridized carbons (Fsp3) is 0.769. The third-order valence-corrected chi connectivity index (χ3v) is 2.63. The predicted molar refractivity (Wildman–Crippen MR) is 65.0 cm³/mol. The van der Waals surface area contributed by atoms with Crippen LogP contribution in [0.15, 0.2) is 0 Å². The van der Waals surface area contributed by atoms with Gasteiger partial charge in [0.15, 0.2) is 5.60 Å². The number of ether oxygens (including phenoxy) is 1. The first-order valence-corrected chi connectivity index (χ1v) is 5.64. The third-order valence-electron chi connectivity index (χ3n) is 2.63. The van der Waals surface area contributed by atoms with Gasteiger partial charge >= 0.3 is 5.97 Å². The van der Waals surface area contributed by atoms with Gasteiger partial charge in [-0.1, -0.05) is 5.92 Å². The van der Waals surface area contributed by atoms with Crippen molar-refractivity contribution >= 4 is 5.97 Å². The molecule has 4 nitrogen and oxygen atoms in total. The van der Waals surface area contributed by atoms with Gasteiger partial charge in [0.1, 0.15) is 0 Å². The van der Waals surface area contributed by atoms with Gasteiger partial charge in [-0.15, -0.1) is 6.42 Å². The van der Waals surface area contributed by atoms with Crippen LogP contribution in [0.3, 0.4) is 0 Å². The Kier molecular flexibility index (Phi) is 6.22. The van der Waals surface area contributed by atoms with Crippen LogP contribution in [0.25, 0.3) is 0 Å². The number of hydrogen-bond acceptors (Lipinski definition) is 4. The lowest BCUT2D eigenvalue weighted by Gasteiger charge is -2.26. The monoisotopic (exact) mass is 242 g/mol. The van der Waals surface area contributed by atoms with Gasteiger partial charge in [-0.2, -0.15) is 4.89 Å². The second-order valence-electron chi connectivity index (χ2n) is 4.85. The number of carbonyl (C=O) groups excluding carboxylic acids is 1. The smallest absolute Gasteiger partial charge is 0.339 e. The minimum atomic E-state index is -0.879. The third kappa shape index (κ3) is 6.98. The summed E-state index contributed by atoms with van der Waals surface area (Å²) in [6.07, 6.45) is 7.65. The molecule has 0 aliphatic carbocycles. The largest absolute Gasteiger partial charge is 0.379 e. The molecule has 0 rings (SSSR count). The summed E-state index contributed by atoms with van der Waals surface area (Å²) in [6, 6.07) is 0. The van der Waals surface area contributed by atoms with E-state index in [0.717, 1.165) is 12.8 Å². The van der Waals surface area contributed by atoms with Crippen molar-refractivity contribution in [3.8, 4) is 12.3 Å². The highest BCUT2D eigenvalue weighted by molar-refractivity contribution is 5.65. The molecule has 0 saturated carbocycles. The molecule has 0 radical (unpaired) electrons. The molecule has 1 atom stereocenters. The van der Waals surface area contributed by atoms with Gasteiger partial charge in [-0.3, -0.25) is 4.89 Å². The van der Waals surface area contributed by atoms with Crippen LogP contribution in [-0.4, -0.2) is 24.3 Å². The Bertz CT molecular complexity index is 290. The lowest BCUT2D eigenvalue weighted by atomic mass is 9.94. The van der Waals surface area contributed by atoms with E-state index in [9.17, 15) is 4.79 Å². The predicted octanol–water partition coefficient (Wildman–Crippen LogP) is 2.47. The van der Waals surface area contributed by atoms with E-state index in [4.69, 9.17) is 16.0 Å². The highest BCUT2D eigenvalue weighted by atomic mass is 17.2. The van der Waals surface area contributed by atoms with Crippen molar-refractivity contribution in [3.63, 3.8) is 0 Å². The van der Waals surface area contributed by atoms with Crippen LogP contribution in [0.5, 0.6) is 0 Å². The molecule has 0 bridgehead atoms. The maximum Gasteiger partial charge on any atom is 0.339 e. The Morgan fingerprint density at radius 2 is 1.88 bits per heavy atom. The molecule has 0 spiro atoms. The lowest BCUT2D eigenvalue weighted by molar-refractivity contribution is -0.314. The molecule has 1 unspecified atom stereocenters. The molecule has 0 aromatic rings. The second kappa shape index (κ2) is 6.63. The minimum Gasteiger partial charge on any atom is -0.379 e. The summed E-state index contributed by atoms with van der Waals surface area (Å²) in [7, 11) is 1.68. The highest BCUT2D eigenvalue weighted by Crippen LogP contribution is 2.23. The van der Waals surface area contributed by atoms with Crippen molar-refractivity contribution < 1.29 is 19.3 Å². The molecule has 17 heavy (non-hydrogen) atoms. The number of hydrogen-bond donors (Lipinski definition) is 0. The Morgan fingerprint density at radius 3 is 2.29 bits per heavy atom. The number of carbonyl (C=O) groups is 1. The summed E-state index contributed by atoms with van der Waals surface area (Å²) in [5.74, 6) is 1.99. The summed E-state index contributed by atoms with van der Waals surface area (Å²) < 4.78 is 5.31. The van der Waals surface area contributed by atoms with Gasteiger partial charge in [-0.25, -0.2) is 4.79 Å². The van der Waals surface area contributed by atoms with Crippen molar-refractivity contribution in [2.45, 2.75) is 58.2 Å². The van der Waals surface area contributed by atoms with Crippen LogP contribution >= 0.6 is 0 Å². The Morgan fingerprint density at radius 1 is 1.29 bits per heavy atom. The molecule has 0 N–H and O–H groups in total. The van der Waals surface area contributed by atoms with Gasteiger partial charge in [-0.05, 0) is 40.0 Å². The maximum absolute atomic E-state index is 10.6. The number of methoxy groups -OCH3 is 1. The van der Waals surface area contributed by atoms with Crippen LogP contribution in [0.2, 0.25) is 0 Å². The minimum absolute atomic E-state index is 0.184. The average Bonchev–Trinajstić information content (AvgIpc) is 2.26. The Balaban J connectivity index is 4.13. The van der Waals surface area contributed by atoms with Crippen LogP contribution in [0.4, 0.5) is 0 Å². The van der Waals surface area contributed by atoms with Crippen LogP contribution in [-0.2, 0) is 19.3 Å². The highest BCUT2D eigenvalue weighted by Gasteiger charge is 2.26. The molecular formula is C13H22O4. The topological polar surface area (TPSA) is 44.8 Å². The first kappa shape index (κ1) is 16.0. The van der Waals surface area contributed by atoms with E-state index in [-0.39, 0.29) is 5.60 Å². The van der Waals surface area contributed by atoms with E-state index in [2.05, 4.69) is 10.8 Å². The maximum atomic E-state index is 10.6. The van der Waals surface area contributed by atoms with E-state index in [0.29, 0.717) is 6.42 Å². The summed E-state index contributed by atoms with van der Waals surface area (Å²) in [5, 5.41) is 0. The average molecular weight is 242 g/mol. The molecule has 0 aliphatic heterocycles. The molecule has 0 fully saturated rings. The zero-order valence-electron chi connectivity index (χ0n) is 11.3. The van der Waals surface area contributed by atoms with Crippen LogP contribution in [0.1, 0.15) is 47.0 Å². The Hall–Kier alpha value is -1.05. The first-order chi connectivity index (χ1) is 7.74. The summed E-state index contributed by atoms with van der Waals surface area (Å²) in [6.45, 7) is 7.00. The van der Waals surface area contributed by atoms with Crippen molar-refractivity contribution in [1.82, 2.24) is 0 Å². The van der Waals surface area contributed by atoms with Crippen LogP contribution in [0, 0.1) is 12.3 Å². The molecule has 4 heteroatoms. The van der Waals surface area contributed by atoms with Crippen LogP contribution < -0.4 is 0 Å². The summed E-state index contributed by atoms with van der Waals surface area (Å²) >= 11 is 0. The number of rotatable bonds is 7. The zero-order valence-corrected chi connectivity index (χ0v) is 11.3. The van der Waals surface area contributed by atoms with E-state index in [1.165, 1.54) is 6.92 Å². The molecule has 0 saturated heterocycles. The normalized spacial score (nSPS) is 14.8. The van der Waals surface area contributed by atoms with E-state index >= 15 is 0 Å². The molecule has 0 amide bonds. The SMILES string of the molecule is C#CC(C)(CCCC(C)(C)OC)OOC(C)=O. The molecule has 0 aliphatic rings. The Labute approximate surface area is 104 Å². The van der Waals surface area contributed by atoms with E-state index in [1.54, 1.807) is 14.0 Å². The second-order valence-corrected chi connectivity index (χ2v) is 4.85. The molecule has 0 heterocycles. The first-order valence-electron chi connectivity index (χ1n) is 5.64. The van der Waals surface area contributed by atoms with Crippen molar-refractivity contribution in [2.75, 3.05) is 7.11 Å². The number of terminal acetylenes is 1. The quantitative estimate of drug-likeness (QED) is 0.391. The fourth-order valence-corrected chi connectivity index (χ4v) is 1.24. The standard InChI is InChI=1S/C13H22O4/c1-7-13(5,17-16-11(2)14)10-8-9-12(3,4)15-6/h1H,8-10H2,2-6H3. The van der Waals surface area contributed by atoms with Gasteiger partial charge < -0.3 is 4.74 Å². The molecule has 0 aromatic carbocycles. The van der Waals surface area contributed by atoms with Gasteiger partial charge in [0, 0.05) is 14.0 Å². The van der Waals surface area contributed by atoms with Crippen molar-refractivity contribution in [2.24, 2.45) is 0 Å². The molecule has 0 aromatic heterocycles. The van der Waals surface area contributed by atoms with Gasteiger partial charge in [0.05, 0.1) is 5.60 Å². The van der Waals surface area contributed by atoms with Gasteiger partial charge in [0.2, 0.25) is 0 Å². The zero-order chi connectivity index (χ0) is 13.5. The van der Waals surface area contributed by atoms with Crippen molar-refractivity contribution in [3.05, 3.63) is 0 Å². The lowest BCUT2D eigenvalue weighted by Crippen LogP contribution is -2.29. The van der Waals surface area contributed by atoms with E-state index in [1.807, 2.05) is 13.8 Å². The fourth-order valence-electron chi connectivity index (χ4n) is 1.24. The summed E-state index contributed by atoms with van der Waals surface area (Å²) in [5.41, 5.74) is -1.06. The molecular weight excluding hydrogens is 220 g/mol.